The third kappa shape index (κ3) is 6.41. The van der Waals surface area contributed by atoms with Crippen LogP contribution in [0, 0.1) is 11.7 Å². The molecule has 2 unspecified atom stereocenters. The molecule has 2 atom stereocenters. The summed E-state index contributed by atoms with van der Waals surface area (Å²) in [6.45, 7) is 2.98. The van der Waals surface area contributed by atoms with Gasteiger partial charge < -0.3 is 20.6 Å². The molecule has 0 aliphatic carbocycles. The van der Waals surface area contributed by atoms with Gasteiger partial charge in [0, 0.05) is 19.7 Å². The van der Waals surface area contributed by atoms with E-state index < -0.39 is 0 Å². The molecule has 0 aliphatic heterocycles. The molecule has 0 aliphatic rings. The van der Waals surface area contributed by atoms with Crippen molar-refractivity contribution in [2.45, 2.75) is 19.4 Å². The molecule has 2 amide bonds. The van der Waals surface area contributed by atoms with E-state index in [4.69, 9.17) is 5.11 Å². The summed E-state index contributed by atoms with van der Waals surface area (Å²) in [4.78, 5) is 13.7. The zero-order chi connectivity index (χ0) is 16.5. The normalized spacial score (nSPS) is 13.7. The second-order valence-corrected chi connectivity index (χ2v) is 5.74. The minimum Gasteiger partial charge on any atom is -0.396 e. The molecule has 0 saturated carbocycles. The van der Waals surface area contributed by atoms with Gasteiger partial charge in [-0.3, -0.25) is 0 Å². The lowest BCUT2D eigenvalue weighted by Gasteiger charge is -2.25. The Kier molecular flexibility index (Phi) is 7.84. The average Bonchev–Trinajstić information content (AvgIpc) is 2.45. The summed E-state index contributed by atoms with van der Waals surface area (Å²) in [6, 6.07) is 6.03. The quantitative estimate of drug-likeness (QED) is 0.685. The van der Waals surface area contributed by atoms with Gasteiger partial charge in [0.1, 0.15) is 5.82 Å². The van der Waals surface area contributed by atoms with Gasteiger partial charge in [-0.15, -0.1) is 0 Å². The first-order valence-electron chi connectivity index (χ1n) is 7.48. The highest BCUT2D eigenvalue weighted by molar-refractivity contribution is 5.73. The number of nitrogens with one attached hydrogen (secondary N) is 2. The standard InChI is InChI=1S/C16H26FN3O2/c1-12(7-8-21)10-18-16(22)19-11-15(20(2)3)13-5-4-6-14(17)9-13/h4-6,9,12,15,21H,7-8,10-11H2,1-3H3,(H2,18,19,22). The van der Waals surface area contributed by atoms with Crippen molar-refractivity contribution in [3.05, 3.63) is 35.6 Å². The van der Waals surface area contributed by atoms with E-state index in [2.05, 4.69) is 10.6 Å². The van der Waals surface area contributed by atoms with Gasteiger partial charge in [-0.05, 0) is 44.1 Å². The maximum absolute atomic E-state index is 13.3. The first kappa shape index (κ1) is 18.4. The number of urea groups is 1. The third-order valence-corrected chi connectivity index (χ3v) is 3.55. The van der Waals surface area contributed by atoms with Gasteiger partial charge in [-0.1, -0.05) is 19.1 Å². The van der Waals surface area contributed by atoms with Crippen molar-refractivity contribution in [2.75, 3.05) is 33.8 Å². The Labute approximate surface area is 131 Å². The minimum absolute atomic E-state index is 0.101. The van der Waals surface area contributed by atoms with Crippen LogP contribution in [0.1, 0.15) is 24.9 Å². The van der Waals surface area contributed by atoms with Crippen molar-refractivity contribution in [3.8, 4) is 0 Å². The maximum atomic E-state index is 13.3. The number of hydrogen-bond acceptors (Lipinski definition) is 3. The summed E-state index contributed by atoms with van der Waals surface area (Å²) in [6.07, 6.45) is 0.657. The highest BCUT2D eigenvalue weighted by Gasteiger charge is 2.16. The number of nitrogens with zero attached hydrogens (tertiary/aromatic N) is 1. The van der Waals surface area contributed by atoms with Crippen LogP contribution >= 0.6 is 0 Å². The molecule has 124 valence electrons. The number of amides is 2. The summed E-state index contributed by atoms with van der Waals surface area (Å²) < 4.78 is 13.3. The van der Waals surface area contributed by atoms with Gasteiger partial charge in [-0.2, -0.15) is 0 Å². The van der Waals surface area contributed by atoms with E-state index >= 15 is 0 Å². The van der Waals surface area contributed by atoms with Crippen LogP contribution in [0.2, 0.25) is 0 Å². The summed E-state index contributed by atoms with van der Waals surface area (Å²) in [5.41, 5.74) is 0.818. The van der Waals surface area contributed by atoms with E-state index in [0.29, 0.717) is 19.5 Å². The lowest BCUT2D eigenvalue weighted by atomic mass is 10.1. The first-order chi connectivity index (χ1) is 10.4. The highest BCUT2D eigenvalue weighted by atomic mass is 19.1. The monoisotopic (exact) mass is 311 g/mol. The second kappa shape index (κ2) is 9.38. The number of aliphatic hydroxyl groups excluding tert-OH is 1. The molecule has 1 aromatic carbocycles. The van der Waals surface area contributed by atoms with Crippen LogP contribution in [0.4, 0.5) is 9.18 Å². The van der Waals surface area contributed by atoms with Crippen LogP contribution in [-0.4, -0.2) is 49.8 Å². The fourth-order valence-corrected chi connectivity index (χ4v) is 2.15. The number of likely N-dealkylation sites (N-methyl/N-ethyl adjacent to an activating group) is 1. The van der Waals surface area contributed by atoms with Gasteiger partial charge in [0.2, 0.25) is 0 Å². The van der Waals surface area contributed by atoms with Crippen molar-refractivity contribution in [1.82, 2.24) is 15.5 Å². The summed E-state index contributed by atoms with van der Waals surface area (Å²) in [7, 11) is 3.77. The molecule has 0 spiro atoms. The molecule has 6 heteroatoms. The summed E-state index contributed by atoms with van der Waals surface area (Å²) in [5.74, 6) is -0.0600. The largest absolute Gasteiger partial charge is 0.396 e. The summed E-state index contributed by atoms with van der Waals surface area (Å²) >= 11 is 0. The van der Waals surface area contributed by atoms with Gasteiger partial charge in [-0.25, -0.2) is 9.18 Å². The van der Waals surface area contributed by atoms with Gasteiger partial charge in [0.05, 0.1) is 6.04 Å². The van der Waals surface area contributed by atoms with Crippen LogP contribution < -0.4 is 10.6 Å². The molecule has 0 bridgehead atoms. The topological polar surface area (TPSA) is 64.6 Å². The molecule has 0 fully saturated rings. The zero-order valence-electron chi connectivity index (χ0n) is 13.5. The molecule has 0 aromatic heterocycles. The van der Waals surface area contributed by atoms with Crippen LogP contribution in [0.3, 0.4) is 0 Å². The van der Waals surface area contributed by atoms with Crippen molar-refractivity contribution in [3.63, 3.8) is 0 Å². The molecule has 1 aromatic rings. The minimum atomic E-state index is -0.286. The highest BCUT2D eigenvalue weighted by Crippen LogP contribution is 2.18. The number of carbonyl (C=O) groups is 1. The van der Waals surface area contributed by atoms with Gasteiger partial charge in [0.15, 0.2) is 0 Å². The van der Waals surface area contributed by atoms with E-state index in [1.54, 1.807) is 6.07 Å². The second-order valence-electron chi connectivity index (χ2n) is 5.74. The Balaban J connectivity index is 2.50. The maximum Gasteiger partial charge on any atom is 0.314 e. The lowest BCUT2D eigenvalue weighted by molar-refractivity contribution is 0.227. The lowest BCUT2D eigenvalue weighted by Crippen LogP contribution is -2.42. The predicted molar refractivity (Wildman–Crippen MR) is 85.1 cm³/mol. The van der Waals surface area contributed by atoms with Crippen molar-refractivity contribution in [1.29, 1.82) is 0 Å². The smallest absolute Gasteiger partial charge is 0.314 e. The third-order valence-electron chi connectivity index (χ3n) is 3.55. The molecule has 0 saturated heterocycles. The van der Waals surface area contributed by atoms with E-state index in [1.165, 1.54) is 12.1 Å². The van der Waals surface area contributed by atoms with Crippen LogP contribution in [0.15, 0.2) is 24.3 Å². The number of carbonyl (C=O) groups excluding carboxylic acids is 1. The Bertz CT molecular complexity index is 468. The zero-order valence-corrected chi connectivity index (χ0v) is 13.5. The molecular weight excluding hydrogens is 285 g/mol. The van der Waals surface area contributed by atoms with E-state index in [-0.39, 0.29) is 30.4 Å². The summed E-state index contributed by atoms with van der Waals surface area (Å²) in [5, 5.41) is 14.4. The fourth-order valence-electron chi connectivity index (χ4n) is 2.15. The number of rotatable bonds is 8. The van der Waals surface area contributed by atoms with Crippen molar-refractivity contribution >= 4 is 6.03 Å². The molecule has 22 heavy (non-hydrogen) atoms. The van der Waals surface area contributed by atoms with Crippen molar-refractivity contribution < 1.29 is 14.3 Å². The number of benzene rings is 1. The Morgan fingerprint density at radius 1 is 1.32 bits per heavy atom. The molecule has 1 rings (SSSR count). The Morgan fingerprint density at radius 2 is 2.00 bits per heavy atom. The average molecular weight is 311 g/mol. The Hall–Kier alpha value is -1.66. The van der Waals surface area contributed by atoms with Crippen LogP contribution in [0.5, 0.6) is 0 Å². The predicted octanol–water partition coefficient (Wildman–Crippen LogP) is 1.75. The van der Waals surface area contributed by atoms with Gasteiger partial charge >= 0.3 is 6.03 Å². The molecular formula is C16H26FN3O2. The molecule has 3 N–H and O–H groups in total. The SMILES string of the molecule is CC(CCO)CNC(=O)NCC(c1cccc(F)c1)N(C)C. The molecule has 0 heterocycles. The number of hydrogen-bond donors (Lipinski definition) is 3. The fraction of sp³-hybridized carbons (Fsp3) is 0.562. The van der Waals surface area contributed by atoms with Crippen LogP contribution in [0.25, 0.3) is 0 Å². The Morgan fingerprint density at radius 3 is 2.59 bits per heavy atom. The number of halogens is 1. The molecule has 5 nitrogen and oxygen atoms in total. The number of aliphatic hydroxyl groups is 1. The van der Waals surface area contributed by atoms with E-state index in [1.807, 2.05) is 32.0 Å². The van der Waals surface area contributed by atoms with E-state index in [9.17, 15) is 9.18 Å². The van der Waals surface area contributed by atoms with E-state index in [0.717, 1.165) is 5.56 Å². The van der Waals surface area contributed by atoms with Crippen molar-refractivity contribution in [2.24, 2.45) is 5.92 Å². The first-order valence-corrected chi connectivity index (χ1v) is 7.48. The van der Waals surface area contributed by atoms with Gasteiger partial charge in [0.25, 0.3) is 0 Å². The van der Waals surface area contributed by atoms with Crippen LogP contribution in [-0.2, 0) is 0 Å². The molecule has 0 radical (unpaired) electrons.